The number of hydrogen-bond donors (Lipinski definition) is 2. The van der Waals surface area contributed by atoms with Gasteiger partial charge in [0.25, 0.3) is 5.56 Å². The number of nitrogens with zero attached hydrogens (tertiary/aromatic N) is 3. The van der Waals surface area contributed by atoms with Crippen LogP contribution in [0.4, 0.5) is 5.82 Å². The molecule has 0 aliphatic heterocycles. The zero-order valence-corrected chi connectivity index (χ0v) is 9.28. The van der Waals surface area contributed by atoms with Gasteiger partial charge in [-0.1, -0.05) is 0 Å². The minimum Gasteiger partial charge on any atom is -0.372 e. The molecular formula is C9H9N5OS. The quantitative estimate of drug-likeness (QED) is 0.764. The summed E-state index contributed by atoms with van der Waals surface area (Å²) in [5.41, 5.74) is -0.185. The molecule has 16 heavy (non-hydrogen) atoms. The molecule has 0 atom stereocenters. The predicted molar refractivity (Wildman–Crippen MR) is 60.6 cm³/mol. The lowest BCUT2D eigenvalue weighted by atomic mass is 10.7. The SMILES string of the molecule is CNc1cncc(Sc2nccc(=O)[nH]2)n1. The van der Waals surface area contributed by atoms with E-state index in [4.69, 9.17) is 0 Å². The lowest BCUT2D eigenvalue weighted by Gasteiger charge is -2.01. The number of aromatic nitrogens is 4. The van der Waals surface area contributed by atoms with Crippen molar-refractivity contribution in [2.75, 3.05) is 12.4 Å². The van der Waals surface area contributed by atoms with Crippen LogP contribution < -0.4 is 10.9 Å². The fourth-order valence-corrected chi connectivity index (χ4v) is 1.74. The summed E-state index contributed by atoms with van der Waals surface area (Å²) in [6.07, 6.45) is 4.68. The fourth-order valence-electron chi connectivity index (χ4n) is 1.02. The van der Waals surface area contributed by atoms with Gasteiger partial charge in [0.05, 0.1) is 12.4 Å². The molecule has 0 bridgehead atoms. The smallest absolute Gasteiger partial charge is 0.251 e. The standard InChI is InChI=1S/C9H9N5OS/c1-10-6-4-11-5-8(13-6)16-9-12-3-2-7(15)14-9/h2-5H,1H3,(H,10,13)(H,12,14,15). The first-order chi connectivity index (χ1) is 7.78. The van der Waals surface area contributed by atoms with Gasteiger partial charge in [0.15, 0.2) is 5.16 Å². The van der Waals surface area contributed by atoms with Crippen molar-refractivity contribution in [3.63, 3.8) is 0 Å². The minimum absolute atomic E-state index is 0.185. The predicted octanol–water partition coefficient (Wildman–Crippen LogP) is 0.753. The molecule has 0 saturated carbocycles. The average Bonchev–Trinajstić information content (AvgIpc) is 2.29. The summed E-state index contributed by atoms with van der Waals surface area (Å²) < 4.78 is 0. The first-order valence-electron chi connectivity index (χ1n) is 4.51. The molecule has 2 aromatic heterocycles. The Morgan fingerprint density at radius 3 is 3.06 bits per heavy atom. The van der Waals surface area contributed by atoms with Gasteiger partial charge in [0, 0.05) is 19.3 Å². The Hall–Kier alpha value is -1.89. The molecule has 2 heterocycles. The maximum absolute atomic E-state index is 11.0. The molecule has 0 unspecified atom stereocenters. The maximum Gasteiger partial charge on any atom is 0.251 e. The van der Waals surface area contributed by atoms with Crippen molar-refractivity contribution in [2.45, 2.75) is 10.2 Å². The van der Waals surface area contributed by atoms with Crippen molar-refractivity contribution in [3.8, 4) is 0 Å². The van der Waals surface area contributed by atoms with Crippen LogP contribution in [0.1, 0.15) is 0 Å². The van der Waals surface area contributed by atoms with Crippen molar-refractivity contribution in [3.05, 3.63) is 35.0 Å². The molecule has 2 aromatic rings. The largest absolute Gasteiger partial charge is 0.372 e. The van der Waals surface area contributed by atoms with Crippen molar-refractivity contribution in [2.24, 2.45) is 0 Å². The van der Waals surface area contributed by atoms with Gasteiger partial charge < -0.3 is 10.3 Å². The van der Waals surface area contributed by atoms with Crippen LogP contribution in [0.3, 0.4) is 0 Å². The van der Waals surface area contributed by atoms with E-state index in [-0.39, 0.29) is 5.56 Å². The van der Waals surface area contributed by atoms with Crippen LogP contribution in [0.5, 0.6) is 0 Å². The molecule has 0 fully saturated rings. The molecule has 0 aliphatic carbocycles. The van der Waals surface area contributed by atoms with Crippen LogP contribution in [-0.2, 0) is 0 Å². The van der Waals surface area contributed by atoms with Crippen LogP contribution in [0.2, 0.25) is 0 Å². The van der Waals surface area contributed by atoms with Gasteiger partial charge in [-0.2, -0.15) is 0 Å². The van der Waals surface area contributed by atoms with E-state index in [1.165, 1.54) is 24.0 Å². The van der Waals surface area contributed by atoms with Gasteiger partial charge in [0.1, 0.15) is 10.8 Å². The highest BCUT2D eigenvalue weighted by molar-refractivity contribution is 7.99. The Morgan fingerprint density at radius 1 is 1.44 bits per heavy atom. The molecule has 7 heteroatoms. The van der Waals surface area contributed by atoms with Gasteiger partial charge in [-0.3, -0.25) is 9.78 Å². The molecule has 2 N–H and O–H groups in total. The zero-order chi connectivity index (χ0) is 11.4. The van der Waals surface area contributed by atoms with E-state index in [2.05, 4.69) is 25.3 Å². The Labute approximate surface area is 95.6 Å². The zero-order valence-electron chi connectivity index (χ0n) is 8.47. The monoisotopic (exact) mass is 235 g/mol. The number of hydrogen-bond acceptors (Lipinski definition) is 6. The van der Waals surface area contributed by atoms with E-state index in [1.807, 2.05) is 0 Å². The summed E-state index contributed by atoms with van der Waals surface area (Å²) in [7, 11) is 1.76. The summed E-state index contributed by atoms with van der Waals surface area (Å²) in [6, 6.07) is 1.36. The summed E-state index contributed by atoms with van der Waals surface area (Å²) in [4.78, 5) is 25.9. The molecule has 0 saturated heterocycles. The molecule has 0 amide bonds. The van der Waals surface area contributed by atoms with Gasteiger partial charge in [-0.15, -0.1) is 0 Å². The summed E-state index contributed by atoms with van der Waals surface area (Å²) >= 11 is 1.25. The van der Waals surface area contributed by atoms with E-state index in [0.29, 0.717) is 16.0 Å². The summed E-state index contributed by atoms with van der Waals surface area (Å²) in [6.45, 7) is 0. The number of rotatable bonds is 3. The number of H-pyrrole nitrogens is 1. The number of anilines is 1. The Kier molecular flexibility index (Phi) is 3.16. The van der Waals surface area contributed by atoms with E-state index in [0.717, 1.165) is 0 Å². The minimum atomic E-state index is -0.185. The first kappa shape index (κ1) is 10.6. The van der Waals surface area contributed by atoms with Crippen LogP contribution >= 0.6 is 11.8 Å². The number of aromatic amines is 1. The van der Waals surface area contributed by atoms with Crippen molar-refractivity contribution < 1.29 is 0 Å². The van der Waals surface area contributed by atoms with Gasteiger partial charge in [-0.05, 0) is 11.8 Å². The van der Waals surface area contributed by atoms with Gasteiger partial charge in [-0.25, -0.2) is 9.97 Å². The molecule has 0 aromatic carbocycles. The topological polar surface area (TPSA) is 83.6 Å². The fraction of sp³-hybridized carbons (Fsp3) is 0.111. The van der Waals surface area contributed by atoms with Crippen molar-refractivity contribution >= 4 is 17.6 Å². The average molecular weight is 235 g/mol. The molecule has 6 nitrogen and oxygen atoms in total. The Bertz CT molecular complexity index is 541. The van der Waals surface area contributed by atoms with Crippen LogP contribution in [0.25, 0.3) is 0 Å². The van der Waals surface area contributed by atoms with Crippen molar-refractivity contribution in [1.29, 1.82) is 0 Å². The van der Waals surface area contributed by atoms with Gasteiger partial charge >= 0.3 is 0 Å². The van der Waals surface area contributed by atoms with Gasteiger partial charge in [0.2, 0.25) is 0 Å². The molecular weight excluding hydrogens is 226 g/mol. The van der Waals surface area contributed by atoms with E-state index < -0.39 is 0 Å². The second-order valence-electron chi connectivity index (χ2n) is 2.83. The Morgan fingerprint density at radius 2 is 2.31 bits per heavy atom. The third-order valence-electron chi connectivity index (χ3n) is 1.72. The normalized spacial score (nSPS) is 10.1. The second kappa shape index (κ2) is 4.75. The summed E-state index contributed by atoms with van der Waals surface area (Å²) in [5, 5.41) is 4.05. The molecule has 82 valence electrons. The van der Waals surface area contributed by atoms with Crippen LogP contribution in [0.15, 0.2) is 39.6 Å². The van der Waals surface area contributed by atoms with Crippen molar-refractivity contribution in [1.82, 2.24) is 19.9 Å². The Balaban J connectivity index is 2.23. The molecule has 0 spiro atoms. The third kappa shape index (κ3) is 2.57. The summed E-state index contributed by atoms with van der Waals surface area (Å²) in [5.74, 6) is 0.670. The molecule has 2 rings (SSSR count). The van der Waals surface area contributed by atoms with E-state index >= 15 is 0 Å². The third-order valence-corrected chi connectivity index (χ3v) is 2.52. The van der Waals surface area contributed by atoms with Crippen LogP contribution in [0, 0.1) is 0 Å². The lowest BCUT2D eigenvalue weighted by Crippen LogP contribution is -2.05. The molecule has 0 aliphatic rings. The first-order valence-corrected chi connectivity index (χ1v) is 5.32. The maximum atomic E-state index is 11.0. The highest BCUT2D eigenvalue weighted by Crippen LogP contribution is 2.21. The molecule has 0 radical (unpaired) electrons. The van der Waals surface area contributed by atoms with E-state index in [9.17, 15) is 4.79 Å². The highest BCUT2D eigenvalue weighted by atomic mass is 32.2. The highest BCUT2D eigenvalue weighted by Gasteiger charge is 2.02. The lowest BCUT2D eigenvalue weighted by molar-refractivity contribution is 0.929. The second-order valence-corrected chi connectivity index (χ2v) is 3.84. The number of nitrogens with one attached hydrogen (secondary N) is 2. The van der Waals surface area contributed by atoms with Crippen LogP contribution in [-0.4, -0.2) is 27.0 Å². The van der Waals surface area contributed by atoms with E-state index in [1.54, 1.807) is 19.4 Å².